The van der Waals surface area contributed by atoms with Gasteiger partial charge in [0.05, 0.1) is 0 Å². The van der Waals surface area contributed by atoms with Crippen LogP contribution in [-0.2, 0) is 9.53 Å². The molecule has 1 aromatic heterocycles. The molecule has 170 valence electrons. The SMILES string of the molecule is CC(C)[C@@H](CNC(=O)c1cc2ccccc2o1)NC(=O)C(C)(C)NC(=O)OC(C)(C)C. The lowest BCUT2D eigenvalue weighted by Crippen LogP contribution is -2.59. The molecule has 2 aromatic rings. The maximum atomic E-state index is 12.8. The molecule has 8 heteroatoms. The fourth-order valence-electron chi connectivity index (χ4n) is 2.80. The van der Waals surface area contributed by atoms with E-state index in [1.165, 1.54) is 0 Å². The molecule has 0 aliphatic rings. The maximum absolute atomic E-state index is 12.8. The van der Waals surface area contributed by atoms with E-state index in [4.69, 9.17) is 9.15 Å². The van der Waals surface area contributed by atoms with E-state index >= 15 is 0 Å². The van der Waals surface area contributed by atoms with Crippen molar-refractivity contribution in [2.75, 3.05) is 6.54 Å². The Morgan fingerprint density at radius 1 is 1.06 bits per heavy atom. The van der Waals surface area contributed by atoms with Gasteiger partial charge in [-0.25, -0.2) is 4.79 Å². The van der Waals surface area contributed by atoms with Crippen LogP contribution in [0.25, 0.3) is 11.0 Å². The second-order valence-electron chi connectivity index (χ2n) is 9.43. The molecule has 1 atom stereocenters. The van der Waals surface area contributed by atoms with Crippen LogP contribution in [0.15, 0.2) is 34.7 Å². The molecule has 0 saturated carbocycles. The minimum atomic E-state index is -1.20. The number of rotatable bonds is 7. The molecule has 3 amide bonds. The van der Waals surface area contributed by atoms with Crippen LogP contribution in [0, 0.1) is 5.92 Å². The first kappa shape index (κ1) is 24.2. The average Bonchev–Trinajstić information content (AvgIpc) is 3.06. The van der Waals surface area contributed by atoms with Crippen molar-refractivity contribution in [1.29, 1.82) is 0 Å². The van der Waals surface area contributed by atoms with E-state index in [1.54, 1.807) is 46.8 Å². The van der Waals surface area contributed by atoms with E-state index in [2.05, 4.69) is 16.0 Å². The van der Waals surface area contributed by atoms with Crippen LogP contribution < -0.4 is 16.0 Å². The number of ether oxygens (including phenoxy) is 1. The standard InChI is InChI=1S/C23H33N3O5/c1-14(2)16(25-20(28)23(6,7)26-21(29)31-22(3,4)5)13-24-19(27)18-12-15-10-8-9-11-17(15)30-18/h8-12,14,16H,13H2,1-7H3,(H,24,27)(H,25,28)(H,26,29)/t16-/m1/s1. The zero-order valence-electron chi connectivity index (χ0n) is 19.3. The Morgan fingerprint density at radius 3 is 2.29 bits per heavy atom. The minimum absolute atomic E-state index is 0.0391. The first-order chi connectivity index (χ1) is 14.3. The molecule has 1 heterocycles. The van der Waals surface area contributed by atoms with Crippen LogP contribution in [0.4, 0.5) is 4.79 Å². The van der Waals surface area contributed by atoms with Gasteiger partial charge in [0.25, 0.3) is 5.91 Å². The fourth-order valence-corrected chi connectivity index (χ4v) is 2.80. The van der Waals surface area contributed by atoms with E-state index in [0.717, 1.165) is 5.39 Å². The molecule has 0 bridgehead atoms. The van der Waals surface area contributed by atoms with Gasteiger partial charge in [0, 0.05) is 18.0 Å². The number of hydrogen-bond acceptors (Lipinski definition) is 5. The summed E-state index contributed by atoms with van der Waals surface area (Å²) in [6.07, 6.45) is -0.674. The first-order valence-electron chi connectivity index (χ1n) is 10.4. The third-order valence-corrected chi connectivity index (χ3v) is 4.63. The summed E-state index contributed by atoms with van der Waals surface area (Å²) in [6.45, 7) is 12.5. The summed E-state index contributed by atoms with van der Waals surface area (Å²) >= 11 is 0. The molecule has 0 aliphatic heterocycles. The van der Waals surface area contributed by atoms with Crippen molar-refractivity contribution < 1.29 is 23.5 Å². The Kier molecular flexibility index (Phi) is 7.36. The zero-order valence-corrected chi connectivity index (χ0v) is 19.3. The molecule has 1 aromatic carbocycles. The number of fused-ring (bicyclic) bond motifs is 1. The lowest BCUT2D eigenvalue weighted by atomic mass is 10.00. The number of para-hydroxylation sites is 1. The summed E-state index contributed by atoms with van der Waals surface area (Å²) in [6, 6.07) is 8.71. The van der Waals surface area contributed by atoms with Crippen molar-refractivity contribution in [3.8, 4) is 0 Å². The number of nitrogens with one attached hydrogen (secondary N) is 3. The molecule has 2 rings (SSSR count). The van der Waals surface area contributed by atoms with Crippen molar-refractivity contribution in [1.82, 2.24) is 16.0 Å². The van der Waals surface area contributed by atoms with Crippen LogP contribution in [0.1, 0.15) is 59.0 Å². The smallest absolute Gasteiger partial charge is 0.408 e. The van der Waals surface area contributed by atoms with Gasteiger partial charge < -0.3 is 25.1 Å². The molecule has 3 N–H and O–H groups in total. The van der Waals surface area contributed by atoms with Crippen LogP contribution in [0.2, 0.25) is 0 Å². The third-order valence-electron chi connectivity index (χ3n) is 4.63. The Morgan fingerprint density at radius 2 is 1.71 bits per heavy atom. The van der Waals surface area contributed by atoms with Gasteiger partial charge in [-0.3, -0.25) is 9.59 Å². The van der Waals surface area contributed by atoms with E-state index in [0.29, 0.717) is 5.58 Å². The van der Waals surface area contributed by atoms with Crippen molar-refractivity contribution in [3.63, 3.8) is 0 Å². The lowest BCUT2D eigenvalue weighted by molar-refractivity contribution is -0.127. The Hall–Kier alpha value is -3.03. The number of hydrogen-bond donors (Lipinski definition) is 3. The van der Waals surface area contributed by atoms with Crippen LogP contribution in [-0.4, -0.2) is 41.6 Å². The van der Waals surface area contributed by atoms with Gasteiger partial charge >= 0.3 is 6.09 Å². The van der Waals surface area contributed by atoms with Crippen LogP contribution in [0.3, 0.4) is 0 Å². The van der Waals surface area contributed by atoms with E-state index in [1.807, 2.05) is 32.0 Å². The van der Waals surface area contributed by atoms with Crippen molar-refractivity contribution >= 4 is 28.9 Å². The lowest BCUT2D eigenvalue weighted by Gasteiger charge is -2.31. The number of amides is 3. The molecule has 0 fully saturated rings. The summed E-state index contributed by atoms with van der Waals surface area (Å²) in [5, 5.41) is 9.15. The molecular formula is C23H33N3O5. The summed E-state index contributed by atoms with van der Waals surface area (Å²) in [7, 11) is 0. The van der Waals surface area contributed by atoms with Crippen LogP contribution >= 0.6 is 0 Å². The highest BCUT2D eigenvalue weighted by Gasteiger charge is 2.33. The summed E-state index contributed by atoms with van der Waals surface area (Å²) < 4.78 is 10.8. The van der Waals surface area contributed by atoms with E-state index in [-0.39, 0.29) is 36.1 Å². The summed E-state index contributed by atoms with van der Waals surface area (Å²) in [5.74, 6) is -0.489. The Labute approximate surface area is 183 Å². The maximum Gasteiger partial charge on any atom is 0.408 e. The second-order valence-corrected chi connectivity index (χ2v) is 9.43. The highest BCUT2D eigenvalue weighted by atomic mass is 16.6. The number of furan rings is 1. The normalized spacial score (nSPS) is 13.0. The molecule has 0 radical (unpaired) electrons. The van der Waals surface area contributed by atoms with Gasteiger partial charge in [-0.1, -0.05) is 32.0 Å². The quantitative estimate of drug-likeness (QED) is 0.620. The molecule has 0 saturated heterocycles. The Balaban J connectivity index is 1.97. The molecular weight excluding hydrogens is 398 g/mol. The summed E-state index contributed by atoms with van der Waals surface area (Å²) in [5.41, 5.74) is -1.23. The van der Waals surface area contributed by atoms with Gasteiger partial charge in [-0.2, -0.15) is 0 Å². The van der Waals surface area contributed by atoms with Gasteiger partial charge in [0.1, 0.15) is 16.7 Å². The second kappa shape index (κ2) is 9.41. The molecule has 8 nitrogen and oxygen atoms in total. The number of carbonyl (C=O) groups is 3. The third kappa shape index (κ3) is 7.01. The van der Waals surface area contributed by atoms with Crippen molar-refractivity contribution in [3.05, 3.63) is 36.1 Å². The van der Waals surface area contributed by atoms with E-state index in [9.17, 15) is 14.4 Å². The minimum Gasteiger partial charge on any atom is -0.451 e. The molecule has 31 heavy (non-hydrogen) atoms. The number of carbonyl (C=O) groups excluding carboxylic acids is 3. The largest absolute Gasteiger partial charge is 0.451 e. The average molecular weight is 432 g/mol. The predicted octanol–water partition coefficient (Wildman–Crippen LogP) is 3.61. The van der Waals surface area contributed by atoms with Gasteiger partial charge in [-0.15, -0.1) is 0 Å². The van der Waals surface area contributed by atoms with Gasteiger partial charge in [0.2, 0.25) is 5.91 Å². The fraction of sp³-hybridized carbons (Fsp3) is 0.522. The molecule has 0 aliphatic carbocycles. The number of benzene rings is 1. The van der Waals surface area contributed by atoms with Crippen molar-refractivity contribution in [2.45, 2.75) is 65.6 Å². The predicted molar refractivity (Wildman–Crippen MR) is 119 cm³/mol. The van der Waals surface area contributed by atoms with Crippen LogP contribution in [0.5, 0.6) is 0 Å². The zero-order chi connectivity index (χ0) is 23.4. The molecule has 0 spiro atoms. The Bertz CT molecular complexity index is 907. The topological polar surface area (TPSA) is 110 Å². The van der Waals surface area contributed by atoms with E-state index < -0.39 is 17.2 Å². The summed E-state index contributed by atoms with van der Waals surface area (Å²) in [4.78, 5) is 37.4. The van der Waals surface area contributed by atoms with Gasteiger partial charge in [0.15, 0.2) is 5.76 Å². The van der Waals surface area contributed by atoms with Gasteiger partial charge in [-0.05, 0) is 52.7 Å². The monoisotopic (exact) mass is 431 g/mol. The highest BCUT2D eigenvalue weighted by Crippen LogP contribution is 2.18. The first-order valence-corrected chi connectivity index (χ1v) is 10.4. The number of alkyl carbamates (subject to hydrolysis) is 1. The highest BCUT2D eigenvalue weighted by molar-refractivity contribution is 5.96. The van der Waals surface area contributed by atoms with Crippen molar-refractivity contribution in [2.24, 2.45) is 5.92 Å². The molecule has 0 unspecified atom stereocenters.